The molecule has 1 saturated heterocycles. The van der Waals surface area contributed by atoms with E-state index in [1.165, 1.54) is 0 Å². The van der Waals surface area contributed by atoms with Gasteiger partial charge in [-0.05, 0) is 13.0 Å². The topological polar surface area (TPSA) is 89.7 Å². The van der Waals surface area contributed by atoms with Gasteiger partial charge in [0, 0.05) is 31.5 Å². The van der Waals surface area contributed by atoms with Crippen molar-refractivity contribution >= 4 is 5.91 Å². The van der Waals surface area contributed by atoms with Crippen molar-refractivity contribution in [1.82, 2.24) is 35.4 Å². The summed E-state index contributed by atoms with van der Waals surface area (Å²) in [5.41, 5.74) is 0.351. The largest absolute Gasteiger partial charge is 0.346 e. The van der Waals surface area contributed by atoms with Crippen LogP contribution < -0.4 is 10.6 Å². The Bertz CT molecular complexity index is 572. The average molecular weight is 275 g/mol. The van der Waals surface area contributed by atoms with Gasteiger partial charge in [0.05, 0.1) is 18.8 Å². The number of rotatable bonds is 5. The Morgan fingerprint density at radius 1 is 1.60 bits per heavy atom. The third kappa shape index (κ3) is 2.69. The fourth-order valence-corrected chi connectivity index (χ4v) is 2.05. The zero-order chi connectivity index (χ0) is 13.9. The summed E-state index contributed by atoms with van der Waals surface area (Å²) in [7, 11) is 0. The Morgan fingerprint density at radius 2 is 2.45 bits per heavy atom. The zero-order valence-electron chi connectivity index (χ0n) is 11.2. The van der Waals surface area contributed by atoms with Crippen LogP contribution in [0.4, 0.5) is 0 Å². The smallest absolute Gasteiger partial charge is 0.273 e. The van der Waals surface area contributed by atoms with Crippen LogP contribution in [0.5, 0.6) is 0 Å². The van der Waals surface area contributed by atoms with Gasteiger partial charge in [0.2, 0.25) is 0 Å². The van der Waals surface area contributed by atoms with Gasteiger partial charge in [-0.25, -0.2) is 4.68 Å². The third-order valence-electron chi connectivity index (χ3n) is 3.27. The van der Waals surface area contributed by atoms with Gasteiger partial charge >= 0.3 is 0 Å². The molecule has 20 heavy (non-hydrogen) atoms. The molecule has 0 aromatic carbocycles. The summed E-state index contributed by atoms with van der Waals surface area (Å²) in [4.78, 5) is 12.1. The minimum absolute atomic E-state index is 0.0297. The van der Waals surface area contributed by atoms with Gasteiger partial charge in [0.1, 0.15) is 0 Å². The molecule has 0 radical (unpaired) electrons. The molecule has 106 valence electrons. The number of carbonyl (C=O) groups is 1. The fourth-order valence-electron chi connectivity index (χ4n) is 2.05. The van der Waals surface area contributed by atoms with Crippen molar-refractivity contribution in [1.29, 1.82) is 0 Å². The summed E-state index contributed by atoms with van der Waals surface area (Å²) in [6.07, 6.45) is 5.27. The molecule has 0 spiro atoms. The van der Waals surface area contributed by atoms with Crippen LogP contribution in [-0.4, -0.2) is 49.8 Å². The molecular weight excluding hydrogens is 258 g/mol. The molecule has 0 aliphatic carbocycles. The highest BCUT2D eigenvalue weighted by Gasteiger charge is 2.22. The molecule has 1 unspecified atom stereocenters. The van der Waals surface area contributed by atoms with Crippen LogP contribution in [0.15, 0.2) is 24.7 Å². The van der Waals surface area contributed by atoms with Crippen LogP contribution in [0.3, 0.4) is 0 Å². The number of hydrogen-bond acceptors (Lipinski definition) is 5. The van der Waals surface area contributed by atoms with Crippen LogP contribution in [-0.2, 0) is 6.54 Å². The first-order chi connectivity index (χ1) is 9.72. The van der Waals surface area contributed by atoms with E-state index in [-0.39, 0.29) is 11.9 Å². The molecule has 1 atom stereocenters. The number of aromatic nitrogens is 5. The number of amides is 1. The maximum absolute atomic E-state index is 12.1. The first-order valence-electron chi connectivity index (χ1n) is 6.63. The quantitative estimate of drug-likeness (QED) is 0.763. The fraction of sp³-hybridized carbons (Fsp3) is 0.500. The van der Waals surface area contributed by atoms with Crippen molar-refractivity contribution in [2.45, 2.75) is 25.6 Å². The standard InChI is InChI=1S/C12H17N7O/c1-9(7-18-4-2-3-14-18)15-12(20)11-8-19(17-16-11)10-5-13-6-10/h2-4,8-10,13H,5-7H2,1H3,(H,15,20). The second kappa shape index (κ2) is 5.41. The van der Waals surface area contributed by atoms with Gasteiger partial charge in [-0.2, -0.15) is 5.10 Å². The second-order valence-corrected chi connectivity index (χ2v) is 5.00. The Labute approximate surface area is 116 Å². The lowest BCUT2D eigenvalue weighted by Gasteiger charge is -2.26. The van der Waals surface area contributed by atoms with E-state index in [9.17, 15) is 4.79 Å². The number of hydrogen-bond donors (Lipinski definition) is 2. The molecule has 1 fully saturated rings. The van der Waals surface area contributed by atoms with Crippen molar-refractivity contribution in [3.8, 4) is 0 Å². The Balaban J connectivity index is 1.56. The molecule has 3 rings (SSSR count). The molecule has 1 aliphatic rings. The SMILES string of the molecule is CC(Cn1cccn1)NC(=O)c1cn(C2CNC2)nn1. The molecule has 8 nitrogen and oxygen atoms in total. The first-order valence-corrected chi connectivity index (χ1v) is 6.63. The monoisotopic (exact) mass is 275 g/mol. The van der Waals surface area contributed by atoms with E-state index in [2.05, 4.69) is 26.0 Å². The maximum atomic E-state index is 12.1. The Morgan fingerprint density at radius 3 is 3.10 bits per heavy atom. The summed E-state index contributed by atoms with van der Waals surface area (Å²) in [6, 6.07) is 2.13. The van der Waals surface area contributed by atoms with Crippen molar-refractivity contribution in [3.63, 3.8) is 0 Å². The van der Waals surface area contributed by atoms with Crippen LogP contribution >= 0.6 is 0 Å². The Kier molecular flexibility index (Phi) is 3.46. The van der Waals surface area contributed by atoms with Crippen molar-refractivity contribution in [3.05, 3.63) is 30.4 Å². The van der Waals surface area contributed by atoms with Crippen molar-refractivity contribution in [2.24, 2.45) is 0 Å². The number of carbonyl (C=O) groups excluding carboxylic acids is 1. The molecule has 0 bridgehead atoms. The molecule has 0 saturated carbocycles. The summed E-state index contributed by atoms with van der Waals surface area (Å²) in [6.45, 7) is 4.31. The highest BCUT2D eigenvalue weighted by atomic mass is 16.2. The molecule has 3 heterocycles. The highest BCUT2D eigenvalue weighted by Crippen LogP contribution is 2.09. The van der Waals surface area contributed by atoms with E-state index >= 15 is 0 Å². The van der Waals surface area contributed by atoms with E-state index in [1.54, 1.807) is 21.8 Å². The molecule has 1 aliphatic heterocycles. The number of nitrogens with one attached hydrogen (secondary N) is 2. The summed E-state index contributed by atoms with van der Waals surface area (Å²) < 4.78 is 3.52. The molecular formula is C12H17N7O. The summed E-state index contributed by atoms with van der Waals surface area (Å²) >= 11 is 0. The molecule has 2 aromatic rings. The first kappa shape index (κ1) is 12.8. The summed E-state index contributed by atoms with van der Waals surface area (Å²) in [5, 5.41) is 18.1. The van der Waals surface area contributed by atoms with Crippen LogP contribution in [0.25, 0.3) is 0 Å². The van der Waals surface area contributed by atoms with Crippen molar-refractivity contribution in [2.75, 3.05) is 13.1 Å². The third-order valence-corrected chi connectivity index (χ3v) is 3.27. The second-order valence-electron chi connectivity index (χ2n) is 5.00. The predicted molar refractivity (Wildman–Crippen MR) is 71.1 cm³/mol. The molecule has 8 heteroatoms. The zero-order valence-corrected chi connectivity index (χ0v) is 11.2. The van der Waals surface area contributed by atoms with E-state index in [0.29, 0.717) is 18.3 Å². The van der Waals surface area contributed by atoms with Gasteiger partial charge in [-0.1, -0.05) is 5.21 Å². The minimum atomic E-state index is -0.205. The predicted octanol–water partition coefficient (Wildman–Crippen LogP) is -0.563. The minimum Gasteiger partial charge on any atom is -0.346 e. The van der Waals surface area contributed by atoms with Gasteiger partial charge < -0.3 is 10.6 Å². The highest BCUT2D eigenvalue weighted by molar-refractivity contribution is 5.92. The van der Waals surface area contributed by atoms with E-state index in [1.807, 2.05) is 19.2 Å². The van der Waals surface area contributed by atoms with Gasteiger partial charge in [-0.15, -0.1) is 5.10 Å². The lowest BCUT2D eigenvalue weighted by atomic mass is 10.2. The van der Waals surface area contributed by atoms with E-state index in [4.69, 9.17) is 0 Å². The normalized spacial score (nSPS) is 16.6. The van der Waals surface area contributed by atoms with Crippen LogP contribution in [0, 0.1) is 0 Å². The van der Waals surface area contributed by atoms with Crippen LogP contribution in [0.2, 0.25) is 0 Å². The molecule has 2 N–H and O–H groups in total. The van der Waals surface area contributed by atoms with E-state index in [0.717, 1.165) is 13.1 Å². The lowest BCUT2D eigenvalue weighted by molar-refractivity contribution is 0.0931. The molecule has 1 amide bonds. The van der Waals surface area contributed by atoms with E-state index < -0.39 is 0 Å². The lowest BCUT2D eigenvalue weighted by Crippen LogP contribution is -2.43. The van der Waals surface area contributed by atoms with Crippen molar-refractivity contribution < 1.29 is 4.79 Å². The van der Waals surface area contributed by atoms with Gasteiger partial charge in [0.15, 0.2) is 5.69 Å². The van der Waals surface area contributed by atoms with Gasteiger partial charge in [-0.3, -0.25) is 9.48 Å². The van der Waals surface area contributed by atoms with Crippen LogP contribution in [0.1, 0.15) is 23.5 Å². The van der Waals surface area contributed by atoms with Gasteiger partial charge in [0.25, 0.3) is 5.91 Å². The molecule has 2 aromatic heterocycles. The Hall–Kier alpha value is -2.22. The number of nitrogens with zero attached hydrogens (tertiary/aromatic N) is 5. The summed E-state index contributed by atoms with van der Waals surface area (Å²) in [5.74, 6) is -0.205. The maximum Gasteiger partial charge on any atom is 0.273 e. The average Bonchev–Trinajstić information content (AvgIpc) is 2.97.